The fourth-order valence-electron chi connectivity index (χ4n) is 1.05. The van der Waals surface area contributed by atoms with E-state index >= 15 is 0 Å². The Balaban J connectivity index is 2.86. The lowest BCUT2D eigenvalue weighted by molar-refractivity contribution is 0.568. The van der Waals surface area contributed by atoms with Crippen molar-refractivity contribution in [1.29, 1.82) is 0 Å². The molecule has 0 aliphatic heterocycles. The van der Waals surface area contributed by atoms with Gasteiger partial charge in [0.1, 0.15) is 0 Å². The van der Waals surface area contributed by atoms with Crippen molar-refractivity contribution in [3.8, 4) is 11.8 Å². The third-order valence-electron chi connectivity index (χ3n) is 1.74. The first-order valence-electron chi connectivity index (χ1n) is 3.99. The first-order valence-corrected chi connectivity index (χ1v) is 6.39. The molecule has 0 saturated carbocycles. The highest BCUT2D eigenvalue weighted by Gasteiger charge is 2.14. The second-order valence-electron chi connectivity index (χ2n) is 2.63. The van der Waals surface area contributed by atoms with Crippen molar-refractivity contribution in [2.75, 3.05) is 0 Å². The maximum atomic E-state index is 5.47. The van der Waals surface area contributed by atoms with Crippen LogP contribution >= 0.6 is 43.2 Å². The molecule has 1 aromatic heterocycles. The molecular weight excluding hydrogens is 328 g/mol. The van der Waals surface area contributed by atoms with Crippen LogP contribution < -0.4 is 11.3 Å². The highest BCUT2D eigenvalue weighted by Crippen LogP contribution is 2.36. The minimum Gasteiger partial charge on any atom is -0.271 e. The van der Waals surface area contributed by atoms with E-state index in [9.17, 15) is 0 Å². The van der Waals surface area contributed by atoms with Gasteiger partial charge in [-0.2, -0.15) is 0 Å². The average Bonchev–Trinajstić information content (AvgIpc) is 2.47. The summed E-state index contributed by atoms with van der Waals surface area (Å²) in [4.78, 5) is 0. The number of rotatable bonds is 3. The average molecular weight is 338 g/mol. The molecule has 1 heterocycles. The van der Waals surface area contributed by atoms with Crippen LogP contribution in [0.15, 0.2) is 13.6 Å². The zero-order chi connectivity index (χ0) is 10.6. The first-order chi connectivity index (χ1) is 6.69. The van der Waals surface area contributed by atoms with Gasteiger partial charge in [-0.05, 0) is 50.4 Å². The molecule has 2 nitrogen and oxygen atoms in total. The van der Waals surface area contributed by atoms with Crippen molar-refractivity contribution in [2.45, 2.75) is 19.4 Å². The molecule has 0 bridgehead atoms. The van der Waals surface area contributed by atoms with Gasteiger partial charge in [-0.1, -0.05) is 0 Å². The van der Waals surface area contributed by atoms with Gasteiger partial charge in [0.05, 0.1) is 13.6 Å². The van der Waals surface area contributed by atoms with E-state index in [0.717, 1.165) is 19.6 Å². The zero-order valence-corrected chi connectivity index (χ0v) is 11.6. The van der Waals surface area contributed by atoms with Crippen LogP contribution in [-0.2, 0) is 0 Å². The van der Waals surface area contributed by atoms with Crippen molar-refractivity contribution >= 4 is 43.2 Å². The Kier molecular flexibility index (Phi) is 5.13. The van der Waals surface area contributed by atoms with Crippen molar-refractivity contribution in [3.05, 3.63) is 19.2 Å². The van der Waals surface area contributed by atoms with Crippen molar-refractivity contribution in [2.24, 2.45) is 5.84 Å². The molecule has 14 heavy (non-hydrogen) atoms. The molecule has 0 fully saturated rings. The van der Waals surface area contributed by atoms with E-state index < -0.39 is 0 Å². The first kappa shape index (κ1) is 12.2. The molecule has 0 aliphatic rings. The van der Waals surface area contributed by atoms with Crippen LogP contribution in [0.4, 0.5) is 0 Å². The van der Waals surface area contributed by atoms with Gasteiger partial charge in [0.15, 0.2) is 0 Å². The predicted octanol–water partition coefficient (Wildman–Crippen LogP) is 3.19. The number of hydrazine groups is 1. The third-order valence-corrected chi connectivity index (χ3v) is 4.13. The molecule has 0 radical (unpaired) electrons. The van der Waals surface area contributed by atoms with Gasteiger partial charge < -0.3 is 0 Å². The van der Waals surface area contributed by atoms with Gasteiger partial charge in [0, 0.05) is 6.42 Å². The summed E-state index contributed by atoms with van der Waals surface area (Å²) in [6.45, 7) is 1.83. The van der Waals surface area contributed by atoms with Crippen LogP contribution in [0.2, 0.25) is 0 Å². The Labute approximate surface area is 104 Å². The van der Waals surface area contributed by atoms with Crippen molar-refractivity contribution < 1.29 is 0 Å². The summed E-state index contributed by atoms with van der Waals surface area (Å²) in [6.07, 6.45) is 0.717. The van der Waals surface area contributed by atoms with Gasteiger partial charge in [0.25, 0.3) is 0 Å². The molecule has 0 aromatic carbocycles. The Morgan fingerprint density at radius 2 is 2.36 bits per heavy atom. The van der Waals surface area contributed by atoms with Crippen LogP contribution in [0.1, 0.15) is 24.9 Å². The molecule has 1 aromatic rings. The van der Waals surface area contributed by atoms with Gasteiger partial charge in [-0.25, -0.2) is 0 Å². The minimum atomic E-state index is 0.0828. The fraction of sp³-hybridized carbons (Fsp3) is 0.333. The number of hydrogen-bond donors (Lipinski definition) is 2. The minimum absolute atomic E-state index is 0.0828. The van der Waals surface area contributed by atoms with Crippen LogP contribution in [0.5, 0.6) is 0 Å². The van der Waals surface area contributed by atoms with E-state index in [-0.39, 0.29) is 6.04 Å². The van der Waals surface area contributed by atoms with Gasteiger partial charge in [-0.15, -0.1) is 23.2 Å². The van der Waals surface area contributed by atoms with Gasteiger partial charge in [0.2, 0.25) is 0 Å². The van der Waals surface area contributed by atoms with Gasteiger partial charge in [-0.3, -0.25) is 11.3 Å². The molecule has 1 atom stereocenters. The molecule has 0 amide bonds. The number of halogens is 2. The normalized spacial score (nSPS) is 12.0. The fourth-order valence-corrected chi connectivity index (χ4v) is 4.03. The van der Waals surface area contributed by atoms with E-state index in [0.29, 0.717) is 0 Å². The number of thiophene rings is 1. The summed E-state index contributed by atoms with van der Waals surface area (Å²) in [7, 11) is 0. The highest BCUT2D eigenvalue weighted by molar-refractivity contribution is 9.12. The molecule has 0 aliphatic carbocycles. The van der Waals surface area contributed by atoms with Crippen molar-refractivity contribution in [1.82, 2.24) is 5.43 Å². The maximum absolute atomic E-state index is 5.47. The zero-order valence-electron chi connectivity index (χ0n) is 7.60. The number of nitrogens with two attached hydrogens (primary N) is 1. The van der Waals surface area contributed by atoms with Crippen LogP contribution in [0, 0.1) is 11.8 Å². The molecule has 76 valence electrons. The largest absolute Gasteiger partial charge is 0.271 e. The van der Waals surface area contributed by atoms with E-state index in [1.807, 2.05) is 6.92 Å². The van der Waals surface area contributed by atoms with Gasteiger partial charge >= 0.3 is 0 Å². The van der Waals surface area contributed by atoms with Crippen LogP contribution in [0.3, 0.4) is 0 Å². The lowest BCUT2D eigenvalue weighted by atomic mass is 10.1. The molecule has 1 unspecified atom stereocenters. The molecule has 1 rings (SSSR count). The molecular formula is C9H10Br2N2S. The Hall–Kier alpha value is 0.140. The molecule has 0 saturated heterocycles. The number of nitrogens with one attached hydrogen (secondary N) is 1. The predicted molar refractivity (Wildman–Crippen MR) is 67.9 cm³/mol. The monoisotopic (exact) mass is 336 g/mol. The summed E-state index contributed by atoms with van der Waals surface area (Å²) in [6, 6.07) is 2.13. The summed E-state index contributed by atoms with van der Waals surface area (Å²) < 4.78 is 2.18. The third kappa shape index (κ3) is 3.07. The van der Waals surface area contributed by atoms with E-state index in [1.165, 1.54) is 0 Å². The summed E-state index contributed by atoms with van der Waals surface area (Å²) >= 11 is 8.56. The standard InChI is InChI=1S/C9H10Br2N2S/c1-2-3-4-7(13-12)6-5-8(10)14-9(6)11/h5,7,13H,4,12H2,1H3. The summed E-state index contributed by atoms with van der Waals surface area (Å²) in [5, 5.41) is 0. The van der Waals surface area contributed by atoms with E-state index in [2.05, 4.69) is 55.2 Å². The molecule has 0 spiro atoms. The topological polar surface area (TPSA) is 38.0 Å². The SMILES string of the molecule is CC#CCC(NN)c1cc(Br)sc1Br. The molecule has 5 heteroatoms. The Bertz CT molecular complexity index is 365. The van der Waals surface area contributed by atoms with Crippen LogP contribution in [0.25, 0.3) is 0 Å². The lowest BCUT2D eigenvalue weighted by Crippen LogP contribution is -2.27. The van der Waals surface area contributed by atoms with E-state index in [4.69, 9.17) is 5.84 Å². The molecule has 3 N–H and O–H groups in total. The Morgan fingerprint density at radius 3 is 2.79 bits per heavy atom. The maximum Gasteiger partial charge on any atom is 0.0759 e. The number of hydrogen-bond acceptors (Lipinski definition) is 3. The van der Waals surface area contributed by atoms with Crippen LogP contribution in [-0.4, -0.2) is 0 Å². The van der Waals surface area contributed by atoms with Crippen molar-refractivity contribution in [3.63, 3.8) is 0 Å². The lowest BCUT2D eigenvalue weighted by Gasteiger charge is -2.11. The summed E-state index contributed by atoms with van der Waals surface area (Å²) in [5.41, 5.74) is 3.91. The summed E-state index contributed by atoms with van der Waals surface area (Å²) in [5.74, 6) is 11.3. The second-order valence-corrected chi connectivity index (χ2v) is 6.38. The second kappa shape index (κ2) is 5.89. The highest BCUT2D eigenvalue weighted by atomic mass is 79.9. The van der Waals surface area contributed by atoms with E-state index in [1.54, 1.807) is 11.3 Å². The quantitative estimate of drug-likeness (QED) is 0.505. The smallest absolute Gasteiger partial charge is 0.0759 e. The Morgan fingerprint density at radius 1 is 1.64 bits per heavy atom.